The minimum atomic E-state index is -0.363. The molecule has 0 saturated carbocycles. The Morgan fingerprint density at radius 3 is 2.75 bits per heavy atom. The molecule has 0 radical (unpaired) electrons. The topological polar surface area (TPSA) is 75.4 Å². The van der Waals surface area contributed by atoms with Gasteiger partial charge in [-0.05, 0) is 36.9 Å². The smallest absolute Gasteiger partial charge is 0.273 e. The second-order valence-electron chi connectivity index (χ2n) is 5.63. The molecule has 1 aromatic carbocycles. The number of nitrogens with one attached hydrogen (secondary N) is 1. The molecule has 0 atom stereocenters. The minimum absolute atomic E-state index is 0.0660. The van der Waals surface area contributed by atoms with Gasteiger partial charge in [0.1, 0.15) is 0 Å². The zero-order valence-electron chi connectivity index (χ0n) is 11.9. The Bertz CT molecular complexity index is 464. The van der Waals surface area contributed by atoms with Gasteiger partial charge in [0, 0.05) is 29.3 Å². The summed E-state index contributed by atoms with van der Waals surface area (Å²) < 4.78 is 0.835. The molecule has 0 amide bonds. The van der Waals surface area contributed by atoms with Crippen LogP contribution in [0.15, 0.2) is 22.7 Å². The molecule has 0 spiro atoms. The number of aliphatic hydroxyl groups is 1. The molecular weight excluding hydrogens is 324 g/mol. The molecule has 0 aromatic heterocycles. The fraction of sp³-hybridized carbons (Fsp3) is 0.571. The fourth-order valence-electron chi connectivity index (χ4n) is 1.87. The van der Waals surface area contributed by atoms with E-state index in [2.05, 4.69) is 21.2 Å². The zero-order valence-corrected chi connectivity index (χ0v) is 13.4. The van der Waals surface area contributed by atoms with E-state index in [1.807, 2.05) is 13.8 Å². The predicted molar refractivity (Wildman–Crippen MR) is 82.6 cm³/mol. The molecule has 20 heavy (non-hydrogen) atoms. The number of hydrogen-bond acceptors (Lipinski definition) is 4. The molecule has 0 unspecified atom stereocenters. The third-order valence-corrected chi connectivity index (χ3v) is 3.68. The molecule has 112 valence electrons. The molecule has 1 aromatic rings. The highest BCUT2D eigenvalue weighted by Crippen LogP contribution is 2.23. The third kappa shape index (κ3) is 5.56. The molecule has 0 fully saturated rings. The van der Waals surface area contributed by atoms with Gasteiger partial charge in [-0.1, -0.05) is 29.8 Å². The average molecular weight is 345 g/mol. The van der Waals surface area contributed by atoms with E-state index in [4.69, 9.17) is 5.11 Å². The van der Waals surface area contributed by atoms with Gasteiger partial charge in [-0.3, -0.25) is 10.1 Å². The molecular formula is C14H21BrN2O3. The van der Waals surface area contributed by atoms with Crippen molar-refractivity contribution in [3.63, 3.8) is 0 Å². The molecule has 2 N–H and O–H groups in total. The van der Waals surface area contributed by atoms with Gasteiger partial charge in [0.05, 0.1) is 4.92 Å². The van der Waals surface area contributed by atoms with Crippen molar-refractivity contribution >= 4 is 21.6 Å². The van der Waals surface area contributed by atoms with Crippen molar-refractivity contribution in [3.05, 3.63) is 38.3 Å². The molecule has 0 aliphatic rings. The molecule has 0 saturated heterocycles. The number of rotatable bonds is 8. The van der Waals surface area contributed by atoms with E-state index in [0.29, 0.717) is 12.1 Å². The van der Waals surface area contributed by atoms with Crippen LogP contribution in [0.1, 0.15) is 32.3 Å². The molecule has 1 rings (SSSR count). The van der Waals surface area contributed by atoms with E-state index >= 15 is 0 Å². The fourth-order valence-corrected chi connectivity index (χ4v) is 2.28. The van der Waals surface area contributed by atoms with E-state index < -0.39 is 0 Å². The first kappa shape index (κ1) is 17.1. The molecule has 0 aliphatic carbocycles. The summed E-state index contributed by atoms with van der Waals surface area (Å²) in [5, 5.41) is 23.3. The Morgan fingerprint density at radius 2 is 2.15 bits per heavy atom. The van der Waals surface area contributed by atoms with Crippen LogP contribution in [0.2, 0.25) is 0 Å². The predicted octanol–water partition coefficient (Wildman–Crippen LogP) is 3.25. The highest BCUT2D eigenvalue weighted by Gasteiger charge is 2.16. The SMILES string of the molecule is CC(C)(CO)CCCNCc1cc(Br)ccc1[N+](=O)[O-]. The lowest BCUT2D eigenvalue weighted by atomic mass is 9.89. The van der Waals surface area contributed by atoms with Crippen molar-refractivity contribution < 1.29 is 10.0 Å². The Hall–Kier alpha value is -0.980. The van der Waals surface area contributed by atoms with E-state index in [0.717, 1.165) is 23.9 Å². The van der Waals surface area contributed by atoms with Crippen LogP contribution < -0.4 is 5.32 Å². The lowest BCUT2D eigenvalue weighted by Gasteiger charge is -2.21. The van der Waals surface area contributed by atoms with Gasteiger partial charge < -0.3 is 10.4 Å². The Morgan fingerprint density at radius 1 is 1.45 bits per heavy atom. The first-order valence-electron chi connectivity index (χ1n) is 6.60. The normalized spacial score (nSPS) is 11.6. The lowest BCUT2D eigenvalue weighted by Crippen LogP contribution is -2.21. The van der Waals surface area contributed by atoms with Crippen LogP contribution in [0, 0.1) is 15.5 Å². The maximum atomic E-state index is 10.9. The lowest BCUT2D eigenvalue weighted by molar-refractivity contribution is -0.385. The van der Waals surface area contributed by atoms with Crippen molar-refractivity contribution in [2.45, 2.75) is 33.2 Å². The van der Waals surface area contributed by atoms with Gasteiger partial charge in [0.2, 0.25) is 0 Å². The molecule has 6 heteroatoms. The molecule has 0 aliphatic heterocycles. The molecule has 0 bridgehead atoms. The van der Waals surface area contributed by atoms with Crippen LogP contribution in [0.5, 0.6) is 0 Å². The Labute approximate surface area is 127 Å². The van der Waals surface area contributed by atoms with Crippen molar-refractivity contribution in [3.8, 4) is 0 Å². The number of hydrogen-bond donors (Lipinski definition) is 2. The third-order valence-electron chi connectivity index (χ3n) is 3.19. The quantitative estimate of drug-likeness (QED) is 0.431. The van der Waals surface area contributed by atoms with Gasteiger partial charge >= 0.3 is 0 Å². The second-order valence-corrected chi connectivity index (χ2v) is 6.55. The standard InChI is InChI=1S/C14H21BrN2O3/c1-14(2,10-18)6-3-7-16-9-11-8-12(15)4-5-13(11)17(19)20/h4-5,8,16,18H,3,6-7,9-10H2,1-2H3. The van der Waals surface area contributed by atoms with Crippen molar-refractivity contribution in [1.82, 2.24) is 5.32 Å². The van der Waals surface area contributed by atoms with Gasteiger partial charge in [0.15, 0.2) is 0 Å². The summed E-state index contributed by atoms with van der Waals surface area (Å²) >= 11 is 3.33. The van der Waals surface area contributed by atoms with Gasteiger partial charge in [0.25, 0.3) is 5.69 Å². The first-order chi connectivity index (χ1) is 9.35. The number of nitro benzene ring substituents is 1. The van der Waals surface area contributed by atoms with Crippen LogP contribution in [-0.2, 0) is 6.54 Å². The molecule has 5 nitrogen and oxygen atoms in total. The zero-order chi connectivity index (χ0) is 15.2. The summed E-state index contributed by atoms with van der Waals surface area (Å²) in [4.78, 5) is 10.6. The Balaban J connectivity index is 2.46. The summed E-state index contributed by atoms with van der Waals surface area (Å²) in [6, 6.07) is 4.95. The maximum absolute atomic E-state index is 10.9. The van der Waals surface area contributed by atoms with E-state index in [-0.39, 0.29) is 22.6 Å². The van der Waals surface area contributed by atoms with Crippen molar-refractivity contribution in [2.75, 3.05) is 13.2 Å². The van der Waals surface area contributed by atoms with Gasteiger partial charge in [-0.15, -0.1) is 0 Å². The van der Waals surface area contributed by atoms with E-state index in [1.54, 1.807) is 12.1 Å². The van der Waals surface area contributed by atoms with Crippen molar-refractivity contribution in [1.29, 1.82) is 0 Å². The summed E-state index contributed by atoms with van der Waals surface area (Å²) in [6.07, 6.45) is 1.84. The maximum Gasteiger partial charge on any atom is 0.273 e. The van der Waals surface area contributed by atoms with Crippen LogP contribution in [0.3, 0.4) is 0 Å². The van der Waals surface area contributed by atoms with Crippen LogP contribution in [0.25, 0.3) is 0 Å². The minimum Gasteiger partial charge on any atom is -0.396 e. The Kier molecular flexibility index (Phi) is 6.58. The summed E-state index contributed by atoms with van der Waals surface area (Å²) in [6.45, 7) is 5.45. The van der Waals surface area contributed by atoms with E-state index in [1.165, 1.54) is 6.07 Å². The summed E-state index contributed by atoms with van der Waals surface area (Å²) in [7, 11) is 0. The van der Waals surface area contributed by atoms with Crippen LogP contribution in [0.4, 0.5) is 5.69 Å². The van der Waals surface area contributed by atoms with E-state index in [9.17, 15) is 10.1 Å². The first-order valence-corrected chi connectivity index (χ1v) is 7.39. The van der Waals surface area contributed by atoms with Crippen LogP contribution in [-0.4, -0.2) is 23.2 Å². The number of benzene rings is 1. The van der Waals surface area contributed by atoms with Crippen LogP contribution >= 0.6 is 15.9 Å². The summed E-state index contributed by atoms with van der Waals surface area (Å²) in [5.74, 6) is 0. The van der Waals surface area contributed by atoms with Crippen molar-refractivity contribution in [2.24, 2.45) is 5.41 Å². The summed E-state index contributed by atoms with van der Waals surface area (Å²) in [5.41, 5.74) is 0.742. The number of halogens is 1. The molecule has 0 heterocycles. The highest BCUT2D eigenvalue weighted by molar-refractivity contribution is 9.10. The highest BCUT2D eigenvalue weighted by atomic mass is 79.9. The number of nitro groups is 1. The van der Waals surface area contributed by atoms with Gasteiger partial charge in [-0.25, -0.2) is 0 Å². The number of aliphatic hydroxyl groups excluding tert-OH is 1. The number of nitrogens with zero attached hydrogens (tertiary/aromatic N) is 1. The average Bonchev–Trinajstić information content (AvgIpc) is 2.38. The second kappa shape index (κ2) is 7.71. The largest absolute Gasteiger partial charge is 0.396 e. The monoisotopic (exact) mass is 344 g/mol. The van der Waals surface area contributed by atoms with Gasteiger partial charge in [-0.2, -0.15) is 0 Å².